The van der Waals surface area contributed by atoms with E-state index >= 15 is 0 Å². The van der Waals surface area contributed by atoms with Crippen molar-refractivity contribution in [3.8, 4) is 11.1 Å². The molecule has 6 heteroatoms. The van der Waals surface area contributed by atoms with Gasteiger partial charge in [0.15, 0.2) is 5.96 Å². The van der Waals surface area contributed by atoms with Crippen LogP contribution in [0.15, 0.2) is 72.2 Å². The Kier molecular flexibility index (Phi) is 7.69. The van der Waals surface area contributed by atoms with Crippen molar-refractivity contribution in [2.75, 3.05) is 13.1 Å². The number of benzene rings is 2. The van der Waals surface area contributed by atoms with Crippen molar-refractivity contribution in [1.82, 2.24) is 14.5 Å². The SMILES string of the molecule is I.NC(=NCc1ccccc1-c1ccc(Cn2ccnc2)cc1)N1CCCCC1. The second-order valence-electron chi connectivity index (χ2n) is 7.31. The van der Waals surface area contributed by atoms with Crippen LogP contribution < -0.4 is 5.73 Å². The number of nitrogens with two attached hydrogens (primary N) is 1. The fraction of sp³-hybridized carbons (Fsp3) is 0.304. The topological polar surface area (TPSA) is 59.4 Å². The maximum Gasteiger partial charge on any atom is 0.191 e. The van der Waals surface area contributed by atoms with Crippen LogP contribution in [-0.2, 0) is 13.1 Å². The van der Waals surface area contributed by atoms with Crippen molar-refractivity contribution in [2.24, 2.45) is 10.7 Å². The predicted molar refractivity (Wildman–Crippen MR) is 129 cm³/mol. The van der Waals surface area contributed by atoms with E-state index in [9.17, 15) is 0 Å². The first-order valence-electron chi connectivity index (χ1n) is 9.97. The normalized spacial score (nSPS) is 14.5. The lowest BCUT2D eigenvalue weighted by atomic mass is 9.98. The monoisotopic (exact) mass is 501 g/mol. The summed E-state index contributed by atoms with van der Waals surface area (Å²) in [6, 6.07) is 17.2. The molecule has 29 heavy (non-hydrogen) atoms. The quantitative estimate of drug-likeness (QED) is 0.318. The number of hydrogen-bond acceptors (Lipinski definition) is 2. The standard InChI is InChI=1S/C23H27N5.HI/c24-23(28-13-4-1-5-14-28)26-16-21-6-2-3-7-22(21)20-10-8-19(9-11-20)17-27-15-12-25-18-27;/h2-3,6-12,15,18H,1,4-5,13-14,16-17H2,(H2,24,26);1H. The highest BCUT2D eigenvalue weighted by atomic mass is 127. The van der Waals surface area contributed by atoms with Crippen LogP contribution in [0.2, 0.25) is 0 Å². The number of piperidine rings is 1. The molecule has 0 atom stereocenters. The molecule has 2 heterocycles. The number of rotatable bonds is 5. The number of guanidine groups is 1. The Labute approximate surface area is 189 Å². The number of halogens is 1. The third kappa shape index (κ3) is 5.59. The zero-order valence-corrected chi connectivity index (χ0v) is 18.9. The zero-order valence-electron chi connectivity index (χ0n) is 16.6. The first-order valence-corrected chi connectivity index (χ1v) is 9.97. The van der Waals surface area contributed by atoms with Gasteiger partial charge in [0.25, 0.3) is 0 Å². The lowest BCUT2D eigenvalue weighted by molar-refractivity contribution is 0.338. The molecule has 0 bridgehead atoms. The fourth-order valence-electron chi connectivity index (χ4n) is 3.71. The molecule has 1 fully saturated rings. The third-order valence-corrected chi connectivity index (χ3v) is 5.30. The van der Waals surface area contributed by atoms with Crippen LogP contribution in [0, 0.1) is 0 Å². The molecule has 0 radical (unpaired) electrons. The average molecular weight is 501 g/mol. The summed E-state index contributed by atoms with van der Waals surface area (Å²) in [4.78, 5) is 11.0. The van der Waals surface area contributed by atoms with Gasteiger partial charge in [0, 0.05) is 32.0 Å². The first kappa shape index (κ1) is 21.4. The average Bonchev–Trinajstić information content (AvgIpc) is 3.26. The largest absolute Gasteiger partial charge is 0.370 e. The van der Waals surface area contributed by atoms with Gasteiger partial charge in [-0.2, -0.15) is 0 Å². The summed E-state index contributed by atoms with van der Waals surface area (Å²) in [5.41, 5.74) is 11.1. The Morgan fingerprint density at radius 3 is 2.48 bits per heavy atom. The summed E-state index contributed by atoms with van der Waals surface area (Å²) in [6.07, 6.45) is 9.34. The van der Waals surface area contributed by atoms with Crippen LogP contribution in [0.3, 0.4) is 0 Å². The molecule has 2 N–H and O–H groups in total. The summed E-state index contributed by atoms with van der Waals surface area (Å²) in [6.45, 7) is 3.48. The Balaban J connectivity index is 0.00000240. The van der Waals surface area contributed by atoms with E-state index in [1.807, 2.05) is 12.5 Å². The number of aliphatic imine (C=N–C) groups is 1. The molecule has 2 aromatic carbocycles. The van der Waals surface area contributed by atoms with E-state index in [-0.39, 0.29) is 24.0 Å². The van der Waals surface area contributed by atoms with E-state index in [2.05, 4.69) is 68.0 Å². The molecular formula is C23H28IN5. The van der Waals surface area contributed by atoms with Gasteiger partial charge in [-0.3, -0.25) is 0 Å². The molecule has 0 amide bonds. The van der Waals surface area contributed by atoms with Gasteiger partial charge in [-0.25, -0.2) is 9.98 Å². The van der Waals surface area contributed by atoms with Gasteiger partial charge >= 0.3 is 0 Å². The highest BCUT2D eigenvalue weighted by Crippen LogP contribution is 2.25. The van der Waals surface area contributed by atoms with E-state index in [1.54, 1.807) is 6.20 Å². The Bertz CT molecular complexity index is 913. The van der Waals surface area contributed by atoms with Gasteiger partial charge in [0.1, 0.15) is 0 Å². The molecule has 0 spiro atoms. The van der Waals surface area contributed by atoms with Crippen molar-refractivity contribution in [3.63, 3.8) is 0 Å². The van der Waals surface area contributed by atoms with Crippen molar-refractivity contribution >= 4 is 29.9 Å². The second-order valence-corrected chi connectivity index (χ2v) is 7.31. The lowest BCUT2D eigenvalue weighted by Gasteiger charge is -2.27. The van der Waals surface area contributed by atoms with E-state index in [1.165, 1.54) is 41.5 Å². The van der Waals surface area contributed by atoms with Crippen LogP contribution in [0.1, 0.15) is 30.4 Å². The lowest BCUT2D eigenvalue weighted by Crippen LogP contribution is -2.40. The molecule has 0 saturated carbocycles. The van der Waals surface area contributed by atoms with Crippen LogP contribution in [0.5, 0.6) is 0 Å². The second kappa shape index (κ2) is 10.4. The van der Waals surface area contributed by atoms with E-state index < -0.39 is 0 Å². The Hall–Kier alpha value is -2.35. The van der Waals surface area contributed by atoms with E-state index in [0.717, 1.165) is 19.6 Å². The molecule has 5 nitrogen and oxygen atoms in total. The Morgan fingerprint density at radius 2 is 1.76 bits per heavy atom. The van der Waals surface area contributed by atoms with Gasteiger partial charge in [-0.15, -0.1) is 24.0 Å². The molecule has 1 saturated heterocycles. The minimum Gasteiger partial charge on any atom is -0.370 e. The summed E-state index contributed by atoms with van der Waals surface area (Å²) < 4.78 is 2.07. The van der Waals surface area contributed by atoms with Crippen molar-refractivity contribution in [1.29, 1.82) is 0 Å². The molecule has 4 rings (SSSR count). The number of aromatic nitrogens is 2. The molecule has 0 unspecified atom stereocenters. The molecule has 1 aliphatic heterocycles. The highest BCUT2D eigenvalue weighted by molar-refractivity contribution is 14.0. The van der Waals surface area contributed by atoms with Crippen LogP contribution in [0.25, 0.3) is 11.1 Å². The van der Waals surface area contributed by atoms with E-state index in [0.29, 0.717) is 12.5 Å². The Morgan fingerprint density at radius 1 is 1.00 bits per heavy atom. The molecule has 3 aromatic rings. The summed E-state index contributed by atoms with van der Waals surface area (Å²) in [5.74, 6) is 0.671. The minimum absolute atomic E-state index is 0. The van der Waals surface area contributed by atoms with Crippen LogP contribution >= 0.6 is 24.0 Å². The van der Waals surface area contributed by atoms with Crippen LogP contribution in [-0.4, -0.2) is 33.5 Å². The number of hydrogen-bond donors (Lipinski definition) is 1. The number of nitrogens with zero attached hydrogens (tertiary/aromatic N) is 4. The highest BCUT2D eigenvalue weighted by Gasteiger charge is 2.12. The molecule has 1 aromatic heterocycles. The van der Waals surface area contributed by atoms with Gasteiger partial charge in [0.2, 0.25) is 0 Å². The molecular weight excluding hydrogens is 473 g/mol. The third-order valence-electron chi connectivity index (χ3n) is 5.30. The summed E-state index contributed by atoms with van der Waals surface area (Å²) >= 11 is 0. The maximum absolute atomic E-state index is 6.24. The minimum atomic E-state index is 0. The first-order chi connectivity index (χ1) is 13.8. The van der Waals surface area contributed by atoms with Gasteiger partial charge in [-0.1, -0.05) is 48.5 Å². The molecule has 152 valence electrons. The van der Waals surface area contributed by atoms with Crippen molar-refractivity contribution in [3.05, 3.63) is 78.4 Å². The molecule has 0 aliphatic carbocycles. The van der Waals surface area contributed by atoms with E-state index in [4.69, 9.17) is 5.73 Å². The molecule has 1 aliphatic rings. The predicted octanol–water partition coefficient (Wildman–Crippen LogP) is 4.52. The number of imidazole rings is 1. The smallest absolute Gasteiger partial charge is 0.191 e. The zero-order chi connectivity index (χ0) is 19.2. The maximum atomic E-state index is 6.24. The van der Waals surface area contributed by atoms with Gasteiger partial charge in [-0.05, 0) is 41.5 Å². The summed E-state index contributed by atoms with van der Waals surface area (Å²) in [7, 11) is 0. The van der Waals surface area contributed by atoms with Gasteiger partial charge < -0.3 is 15.2 Å². The number of likely N-dealkylation sites (tertiary alicyclic amines) is 1. The van der Waals surface area contributed by atoms with Gasteiger partial charge in [0.05, 0.1) is 12.9 Å². The summed E-state index contributed by atoms with van der Waals surface area (Å²) in [5, 5.41) is 0. The van der Waals surface area contributed by atoms with Crippen molar-refractivity contribution in [2.45, 2.75) is 32.4 Å². The van der Waals surface area contributed by atoms with Crippen molar-refractivity contribution < 1.29 is 0 Å². The fourth-order valence-corrected chi connectivity index (χ4v) is 3.71. The van der Waals surface area contributed by atoms with Crippen LogP contribution in [0.4, 0.5) is 0 Å².